The molecule has 5 heteroatoms. The summed E-state index contributed by atoms with van der Waals surface area (Å²) in [5.74, 6) is -0.0116. The van der Waals surface area contributed by atoms with Gasteiger partial charge in [0.15, 0.2) is 0 Å². The summed E-state index contributed by atoms with van der Waals surface area (Å²) in [6.45, 7) is 4.57. The molecule has 2 aromatic carbocycles. The first-order valence-electron chi connectivity index (χ1n) is 8.97. The zero-order valence-electron chi connectivity index (χ0n) is 15.9. The van der Waals surface area contributed by atoms with Gasteiger partial charge in [-0.3, -0.25) is 9.48 Å². The van der Waals surface area contributed by atoms with Gasteiger partial charge in [-0.05, 0) is 55.2 Å². The summed E-state index contributed by atoms with van der Waals surface area (Å²) in [6, 6.07) is 15.9. The largest absolute Gasteiger partial charge is 0.489 e. The molecule has 3 aromatic rings. The highest BCUT2D eigenvalue weighted by molar-refractivity contribution is 5.69. The number of ether oxygens (including phenoxy) is 1. The van der Waals surface area contributed by atoms with E-state index in [0.29, 0.717) is 13.0 Å². The van der Waals surface area contributed by atoms with Crippen LogP contribution in [0.4, 0.5) is 0 Å². The van der Waals surface area contributed by atoms with Crippen molar-refractivity contribution < 1.29 is 14.6 Å². The number of aryl methyl sites for hydroxylation is 3. The van der Waals surface area contributed by atoms with Crippen molar-refractivity contribution in [3.05, 3.63) is 71.0 Å². The molecule has 3 rings (SSSR count). The monoisotopic (exact) mass is 364 g/mol. The highest BCUT2D eigenvalue weighted by atomic mass is 16.5. The Balaban J connectivity index is 1.67. The SMILES string of the molecule is Cc1nn(C)c(C)c1-c1cccc(COc2ccc(CCC(=O)O)cc2)c1. The van der Waals surface area contributed by atoms with Crippen molar-refractivity contribution in [1.29, 1.82) is 0 Å². The van der Waals surface area contributed by atoms with Crippen molar-refractivity contribution in [2.75, 3.05) is 0 Å². The van der Waals surface area contributed by atoms with Crippen LogP contribution in [0, 0.1) is 13.8 Å². The Labute approximate surface area is 159 Å². The van der Waals surface area contributed by atoms with Gasteiger partial charge in [-0.25, -0.2) is 0 Å². The fraction of sp³-hybridized carbons (Fsp3) is 0.273. The Hall–Kier alpha value is -3.08. The molecule has 140 valence electrons. The maximum atomic E-state index is 10.6. The van der Waals surface area contributed by atoms with Gasteiger partial charge in [-0.2, -0.15) is 5.10 Å². The number of benzene rings is 2. The molecule has 0 aliphatic heterocycles. The Morgan fingerprint density at radius 1 is 1.11 bits per heavy atom. The fourth-order valence-electron chi connectivity index (χ4n) is 3.18. The van der Waals surface area contributed by atoms with Crippen LogP contribution in [0.1, 0.15) is 28.9 Å². The number of hydrogen-bond acceptors (Lipinski definition) is 3. The van der Waals surface area contributed by atoms with Crippen molar-refractivity contribution in [3.63, 3.8) is 0 Å². The van der Waals surface area contributed by atoms with Crippen molar-refractivity contribution in [3.8, 4) is 16.9 Å². The summed E-state index contributed by atoms with van der Waals surface area (Å²) in [7, 11) is 1.96. The third-order valence-electron chi connectivity index (χ3n) is 4.68. The van der Waals surface area contributed by atoms with E-state index in [4.69, 9.17) is 9.84 Å². The van der Waals surface area contributed by atoms with Crippen molar-refractivity contribution in [2.24, 2.45) is 7.05 Å². The normalized spacial score (nSPS) is 10.8. The van der Waals surface area contributed by atoms with E-state index < -0.39 is 5.97 Å². The maximum absolute atomic E-state index is 10.6. The Bertz CT molecular complexity index is 943. The highest BCUT2D eigenvalue weighted by Crippen LogP contribution is 2.27. The second-order valence-electron chi connectivity index (χ2n) is 6.70. The van der Waals surface area contributed by atoms with Crippen LogP contribution < -0.4 is 4.74 Å². The summed E-state index contributed by atoms with van der Waals surface area (Å²) >= 11 is 0. The molecule has 0 aliphatic rings. The molecular formula is C22H24N2O3. The molecule has 5 nitrogen and oxygen atoms in total. The van der Waals surface area contributed by atoms with E-state index in [2.05, 4.69) is 24.2 Å². The van der Waals surface area contributed by atoms with E-state index in [9.17, 15) is 4.79 Å². The predicted molar refractivity (Wildman–Crippen MR) is 105 cm³/mol. The molecule has 0 spiro atoms. The number of carboxylic acids is 1. The van der Waals surface area contributed by atoms with Crippen molar-refractivity contribution in [2.45, 2.75) is 33.3 Å². The molecule has 0 atom stereocenters. The second kappa shape index (κ2) is 8.08. The minimum Gasteiger partial charge on any atom is -0.489 e. The summed E-state index contributed by atoms with van der Waals surface area (Å²) in [5.41, 5.74) is 6.55. The van der Waals surface area contributed by atoms with Gasteiger partial charge in [-0.15, -0.1) is 0 Å². The van der Waals surface area contributed by atoms with E-state index in [1.165, 1.54) is 5.56 Å². The Morgan fingerprint density at radius 3 is 2.48 bits per heavy atom. The lowest BCUT2D eigenvalue weighted by Gasteiger charge is -2.09. The molecule has 0 bridgehead atoms. The summed E-state index contributed by atoms with van der Waals surface area (Å²) in [5, 5.41) is 13.2. The van der Waals surface area contributed by atoms with Crippen LogP contribution in [-0.2, 0) is 24.9 Å². The van der Waals surface area contributed by atoms with E-state index in [-0.39, 0.29) is 6.42 Å². The first-order chi connectivity index (χ1) is 12.9. The number of nitrogens with zero attached hydrogens (tertiary/aromatic N) is 2. The van der Waals surface area contributed by atoms with Gasteiger partial charge in [0.05, 0.1) is 5.69 Å². The molecule has 0 amide bonds. The number of hydrogen-bond donors (Lipinski definition) is 1. The van der Waals surface area contributed by atoms with E-state index in [0.717, 1.165) is 33.8 Å². The summed E-state index contributed by atoms with van der Waals surface area (Å²) in [6.07, 6.45) is 0.668. The van der Waals surface area contributed by atoms with Gasteiger partial charge < -0.3 is 9.84 Å². The lowest BCUT2D eigenvalue weighted by Crippen LogP contribution is -1.98. The van der Waals surface area contributed by atoms with Crippen molar-refractivity contribution in [1.82, 2.24) is 9.78 Å². The standard InChI is InChI=1S/C22H24N2O3/c1-15-22(16(2)24(3)23-15)19-6-4-5-18(13-19)14-27-20-10-7-17(8-11-20)9-12-21(25)26/h4-8,10-11,13H,9,12,14H2,1-3H3,(H,25,26). The van der Waals surface area contributed by atoms with Gasteiger partial charge in [0, 0.05) is 24.7 Å². The molecule has 0 unspecified atom stereocenters. The highest BCUT2D eigenvalue weighted by Gasteiger charge is 2.12. The molecule has 27 heavy (non-hydrogen) atoms. The van der Waals surface area contributed by atoms with Gasteiger partial charge in [0.2, 0.25) is 0 Å². The smallest absolute Gasteiger partial charge is 0.303 e. The first kappa shape index (κ1) is 18.7. The molecule has 1 N–H and O–H groups in total. The summed E-state index contributed by atoms with van der Waals surface area (Å²) in [4.78, 5) is 10.6. The van der Waals surface area contributed by atoms with Crippen LogP contribution in [0.5, 0.6) is 5.75 Å². The fourth-order valence-corrected chi connectivity index (χ4v) is 3.18. The number of carbonyl (C=O) groups is 1. The van der Waals surface area contributed by atoms with Crippen LogP contribution >= 0.6 is 0 Å². The Kier molecular flexibility index (Phi) is 5.60. The molecular weight excluding hydrogens is 340 g/mol. The predicted octanol–water partition coefficient (Wildman–Crippen LogP) is 4.30. The van der Waals surface area contributed by atoms with Crippen LogP contribution in [-0.4, -0.2) is 20.9 Å². The number of aliphatic carboxylic acids is 1. The van der Waals surface area contributed by atoms with Gasteiger partial charge in [0.25, 0.3) is 0 Å². The molecule has 1 heterocycles. The lowest BCUT2D eigenvalue weighted by atomic mass is 10.0. The van der Waals surface area contributed by atoms with E-state index >= 15 is 0 Å². The van der Waals surface area contributed by atoms with Crippen LogP contribution in [0.15, 0.2) is 48.5 Å². The zero-order valence-corrected chi connectivity index (χ0v) is 15.9. The second-order valence-corrected chi connectivity index (χ2v) is 6.70. The molecule has 0 fully saturated rings. The van der Waals surface area contributed by atoms with Crippen LogP contribution in [0.2, 0.25) is 0 Å². The maximum Gasteiger partial charge on any atom is 0.303 e. The van der Waals surface area contributed by atoms with Gasteiger partial charge in [0.1, 0.15) is 12.4 Å². The lowest BCUT2D eigenvalue weighted by molar-refractivity contribution is -0.136. The van der Waals surface area contributed by atoms with Crippen LogP contribution in [0.25, 0.3) is 11.1 Å². The molecule has 0 aliphatic carbocycles. The third-order valence-corrected chi connectivity index (χ3v) is 4.68. The molecule has 1 aromatic heterocycles. The third kappa shape index (κ3) is 4.56. The minimum absolute atomic E-state index is 0.139. The average molecular weight is 364 g/mol. The molecule has 0 radical (unpaired) electrons. The Morgan fingerprint density at radius 2 is 1.85 bits per heavy atom. The zero-order chi connectivity index (χ0) is 19.4. The van der Waals surface area contributed by atoms with E-state index in [1.807, 2.05) is 55.1 Å². The first-order valence-corrected chi connectivity index (χ1v) is 8.97. The molecule has 0 saturated carbocycles. The van der Waals surface area contributed by atoms with Gasteiger partial charge in [-0.1, -0.05) is 30.3 Å². The number of rotatable bonds is 7. The average Bonchev–Trinajstić information content (AvgIpc) is 2.91. The van der Waals surface area contributed by atoms with Gasteiger partial charge >= 0.3 is 5.97 Å². The number of aromatic nitrogens is 2. The van der Waals surface area contributed by atoms with Crippen LogP contribution in [0.3, 0.4) is 0 Å². The van der Waals surface area contributed by atoms with Crippen molar-refractivity contribution >= 4 is 5.97 Å². The topological polar surface area (TPSA) is 64.4 Å². The summed E-state index contributed by atoms with van der Waals surface area (Å²) < 4.78 is 7.79. The van der Waals surface area contributed by atoms with E-state index in [1.54, 1.807) is 0 Å². The minimum atomic E-state index is -0.783. The quantitative estimate of drug-likeness (QED) is 0.679. The molecule has 0 saturated heterocycles. The number of carboxylic acid groups (broad SMARTS) is 1.